The summed E-state index contributed by atoms with van der Waals surface area (Å²) in [5.41, 5.74) is 1.22. The summed E-state index contributed by atoms with van der Waals surface area (Å²) in [5, 5.41) is 0.146. The minimum Gasteiger partial charge on any atom is -0.382 e. The number of alkyl halides is 1. The van der Waals surface area contributed by atoms with Gasteiger partial charge in [0.1, 0.15) is 0 Å². The molecule has 1 nitrogen and oxygen atoms in total. The first-order valence-corrected chi connectivity index (χ1v) is 6.05. The van der Waals surface area contributed by atoms with Crippen molar-refractivity contribution in [1.82, 2.24) is 0 Å². The summed E-state index contributed by atoms with van der Waals surface area (Å²) in [6.45, 7) is 3.69. The van der Waals surface area contributed by atoms with Gasteiger partial charge < -0.3 is 4.74 Å². The Morgan fingerprint density at radius 2 is 1.93 bits per heavy atom. The van der Waals surface area contributed by atoms with Crippen molar-refractivity contribution in [3.63, 3.8) is 0 Å². The third-order valence-electron chi connectivity index (χ3n) is 2.36. The molecule has 0 aromatic heterocycles. The number of rotatable bonds is 7. The highest BCUT2D eigenvalue weighted by molar-refractivity contribution is 6.20. The normalized spacial score (nSPS) is 12.7. The predicted molar refractivity (Wildman–Crippen MR) is 65.4 cm³/mol. The molecule has 1 unspecified atom stereocenters. The van der Waals surface area contributed by atoms with Crippen molar-refractivity contribution in [2.75, 3.05) is 13.2 Å². The summed E-state index contributed by atoms with van der Waals surface area (Å²) in [6.07, 6.45) is 3.26. The monoisotopic (exact) mass is 226 g/mol. The molecule has 1 aromatic carbocycles. The van der Waals surface area contributed by atoms with Gasteiger partial charge in [0.2, 0.25) is 0 Å². The molecular formula is C13H19ClO. The molecule has 0 aliphatic heterocycles. The summed E-state index contributed by atoms with van der Waals surface area (Å²) in [7, 11) is 0. The van der Waals surface area contributed by atoms with E-state index in [0.29, 0.717) is 0 Å². The van der Waals surface area contributed by atoms with Gasteiger partial charge in [0.25, 0.3) is 0 Å². The number of unbranched alkanes of at least 4 members (excludes halogenated alkanes) is 1. The summed E-state index contributed by atoms with van der Waals surface area (Å²) < 4.78 is 5.28. The molecule has 2 heteroatoms. The second-order valence-electron chi connectivity index (χ2n) is 3.57. The lowest BCUT2D eigenvalue weighted by Crippen LogP contribution is -1.95. The molecule has 0 saturated carbocycles. The van der Waals surface area contributed by atoms with Gasteiger partial charge in [-0.2, -0.15) is 0 Å². The lowest BCUT2D eigenvalue weighted by Gasteiger charge is -2.09. The Balaban J connectivity index is 2.16. The van der Waals surface area contributed by atoms with Crippen molar-refractivity contribution in [3.8, 4) is 0 Å². The second-order valence-corrected chi connectivity index (χ2v) is 4.10. The van der Waals surface area contributed by atoms with Gasteiger partial charge in [0, 0.05) is 13.2 Å². The average molecular weight is 227 g/mol. The molecular weight excluding hydrogens is 208 g/mol. The van der Waals surface area contributed by atoms with Crippen molar-refractivity contribution in [2.45, 2.75) is 31.6 Å². The molecule has 0 bridgehead atoms. The van der Waals surface area contributed by atoms with Gasteiger partial charge in [-0.05, 0) is 31.7 Å². The maximum Gasteiger partial charge on any atom is 0.0585 e. The van der Waals surface area contributed by atoms with E-state index in [1.54, 1.807) is 0 Å². The molecule has 0 radical (unpaired) electrons. The van der Waals surface area contributed by atoms with Gasteiger partial charge in [-0.25, -0.2) is 0 Å². The third-order valence-corrected chi connectivity index (χ3v) is 2.83. The summed E-state index contributed by atoms with van der Waals surface area (Å²) in [4.78, 5) is 0. The Morgan fingerprint density at radius 1 is 1.20 bits per heavy atom. The quantitative estimate of drug-likeness (QED) is 0.501. The number of benzene rings is 1. The van der Waals surface area contributed by atoms with Crippen LogP contribution in [0.25, 0.3) is 0 Å². The zero-order chi connectivity index (χ0) is 10.9. The van der Waals surface area contributed by atoms with Crippen molar-refractivity contribution in [3.05, 3.63) is 35.9 Å². The number of hydrogen-bond donors (Lipinski definition) is 0. The van der Waals surface area contributed by atoms with E-state index < -0.39 is 0 Å². The van der Waals surface area contributed by atoms with E-state index >= 15 is 0 Å². The minimum absolute atomic E-state index is 0.146. The second kappa shape index (κ2) is 7.72. The fourth-order valence-corrected chi connectivity index (χ4v) is 1.80. The molecule has 0 heterocycles. The predicted octanol–water partition coefficient (Wildman–Crippen LogP) is 4.17. The molecule has 0 saturated heterocycles. The maximum absolute atomic E-state index is 6.28. The smallest absolute Gasteiger partial charge is 0.0585 e. The van der Waals surface area contributed by atoms with Crippen LogP contribution in [0.2, 0.25) is 0 Å². The van der Waals surface area contributed by atoms with Crippen LogP contribution in [0, 0.1) is 0 Å². The molecule has 0 N–H and O–H groups in total. The molecule has 0 spiro atoms. The number of hydrogen-bond acceptors (Lipinski definition) is 1. The van der Waals surface area contributed by atoms with Crippen LogP contribution in [-0.2, 0) is 4.74 Å². The van der Waals surface area contributed by atoms with Crippen LogP contribution >= 0.6 is 11.6 Å². The van der Waals surface area contributed by atoms with Gasteiger partial charge in [0.15, 0.2) is 0 Å². The molecule has 0 aliphatic rings. The highest BCUT2D eigenvalue weighted by Crippen LogP contribution is 2.25. The van der Waals surface area contributed by atoms with Crippen molar-refractivity contribution in [1.29, 1.82) is 0 Å². The van der Waals surface area contributed by atoms with E-state index in [1.807, 2.05) is 25.1 Å². The first-order valence-electron chi connectivity index (χ1n) is 5.61. The van der Waals surface area contributed by atoms with Crippen LogP contribution < -0.4 is 0 Å². The van der Waals surface area contributed by atoms with Crippen molar-refractivity contribution in [2.24, 2.45) is 0 Å². The van der Waals surface area contributed by atoms with Crippen LogP contribution in [0.3, 0.4) is 0 Å². The first kappa shape index (κ1) is 12.5. The lowest BCUT2D eigenvalue weighted by atomic mass is 10.1. The van der Waals surface area contributed by atoms with E-state index in [0.717, 1.165) is 32.5 Å². The molecule has 0 fully saturated rings. The van der Waals surface area contributed by atoms with Gasteiger partial charge in [0.05, 0.1) is 5.38 Å². The molecule has 0 aliphatic carbocycles. The highest BCUT2D eigenvalue weighted by Gasteiger charge is 2.05. The topological polar surface area (TPSA) is 9.23 Å². The lowest BCUT2D eigenvalue weighted by molar-refractivity contribution is 0.143. The van der Waals surface area contributed by atoms with Crippen molar-refractivity contribution < 1.29 is 4.74 Å². The summed E-state index contributed by atoms with van der Waals surface area (Å²) in [5.74, 6) is 0. The standard InChI is InChI=1S/C13H19ClO/c1-2-15-11-7-6-10-13(14)12-8-4-3-5-9-12/h3-5,8-9,13H,2,6-7,10-11H2,1H3. The zero-order valence-electron chi connectivity index (χ0n) is 9.29. The van der Waals surface area contributed by atoms with E-state index in [-0.39, 0.29) is 5.38 Å². The van der Waals surface area contributed by atoms with Gasteiger partial charge in [-0.3, -0.25) is 0 Å². The van der Waals surface area contributed by atoms with Crippen LogP contribution in [-0.4, -0.2) is 13.2 Å². The van der Waals surface area contributed by atoms with Crippen molar-refractivity contribution >= 4 is 11.6 Å². The fourth-order valence-electron chi connectivity index (χ4n) is 1.50. The molecule has 1 aromatic rings. The van der Waals surface area contributed by atoms with E-state index in [9.17, 15) is 0 Å². The average Bonchev–Trinajstić information content (AvgIpc) is 2.30. The Kier molecular flexibility index (Phi) is 6.45. The number of halogens is 1. The molecule has 84 valence electrons. The van der Waals surface area contributed by atoms with Crippen LogP contribution in [0.4, 0.5) is 0 Å². The van der Waals surface area contributed by atoms with E-state index in [1.165, 1.54) is 5.56 Å². The minimum atomic E-state index is 0.146. The largest absolute Gasteiger partial charge is 0.382 e. The summed E-state index contributed by atoms with van der Waals surface area (Å²) in [6, 6.07) is 10.2. The molecule has 15 heavy (non-hydrogen) atoms. The molecule has 1 rings (SSSR count). The van der Waals surface area contributed by atoms with Gasteiger partial charge >= 0.3 is 0 Å². The maximum atomic E-state index is 6.28. The first-order chi connectivity index (χ1) is 7.34. The Bertz CT molecular complexity index is 248. The molecule has 0 amide bonds. The summed E-state index contributed by atoms with van der Waals surface area (Å²) >= 11 is 6.28. The zero-order valence-corrected chi connectivity index (χ0v) is 10.0. The highest BCUT2D eigenvalue weighted by atomic mass is 35.5. The Morgan fingerprint density at radius 3 is 2.60 bits per heavy atom. The Hall–Kier alpha value is -0.530. The SMILES string of the molecule is CCOCCCCC(Cl)c1ccccc1. The van der Waals surface area contributed by atoms with Gasteiger partial charge in [-0.15, -0.1) is 11.6 Å². The van der Waals surface area contributed by atoms with Crippen LogP contribution in [0.5, 0.6) is 0 Å². The van der Waals surface area contributed by atoms with E-state index in [2.05, 4.69) is 12.1 Å². The van der Waals surface area contributed by atoms with Gasteiger partial charge in [-0.1, -0.05) is 30.3 Å². The number of ether oxygens (including phenoxy) is 1. The van der Waals surface area contributed by atoms with E-state index in [4.69, 9.17) is 16.3 Å². The third kappa shape index (κ3) is 5.19. The fraction of sp³-hybridized carbons (Fsp3) is 0.538. The Labute approximate surface area is 97.4 Å². The van der Waals surface area contributed by atoms with Crippen LogP contribution in [0.1, 0.15) is 37.1 Å². The molecule has 1 atom stereocenters. The van der Waals surface area contributed by atoms with Crippen LogP contribution in [0.15, 0.2) is 30.3 Å².